The van der Waals surface area contributed by atoms with Gasteiger partial charge in [0.25, 0.3) is 0 Å². The lowest BCUT2D eigenvalue weighted by Gasteiger charge is -2.26. The molecular weight excluding hydrogens is 214 g/mol. The molecule has 0 amide bonds. The highest BCUT2D eigenvalue weighted by molar-refractivity contribution is 5.95. The fourth-order valence-electron chi connectivity index (χ4n) is 1.52. The van der Waals surface area contributed by atoms with Crippen molar-refractivity contribution in [2.24, 2.45) is 16.1 Å². The number of aliphatic imine (C=N–C) groups is 1. The van der Waals surface area contributed by atoms with Crippen LogP contribution < -0.4 is 5.73 Å². The van der Waals surface area contributed by atoms with Crippen LogP contribution in [0.1, 0.15) is 33.6 Å². The third-order valence-electron chi connectivity index (χ3n) is 2.42. The number of hydrogen-bond acceptors (Lipinski definition) is 3. The molecule has 1 aliphatic heterocycles. The first-order valence-corrected chi connectivity index (χ1v) is 5.30. The fourth-order valence-corrected chi connectivity index (χ4v) is 1.52. The molecule has 92 valence electrons. The maximum absolute atomic E-state index is 12.2. The van der Waals surface area contributed by atoms with E-state index in [0.717, 1.165) is 6.42 Å². The van der Waals surface area contributed by atoms with Gasteiger partial charge in [0.1, 0.15) is 0 Å². The molecule has 0 aliphatic carbocycles. The molecule has 0 radical (unpaired) electrons. The Kier molecular flexibility index (Phi) is 3.88. The Morgan fingerprint density at radius 1 is 1.44 bits per heavy atom. The van der Waals surface area contributed by atoms with Crippen molar-refractivity contribution in [1.29, 1.82) is 0 Å². The van der Waals surface area contributed by atoms with Crippen molar-refractivity contribution in [3.05, 3.63) is 11.3 Å². The fraction of sp³-hybridized carbons (Fsp3) is 0.727. The van der Waals surface area contributed by atoms with Crippen molar-refractivity contribution >= 4 is 5.90 Å². The van der Waals surface area contributed by atoms with Crippen LogP contribution in [0.5, 0.6) is 0 Å². The second kappa shape index (κ2) is 4.80. The molecule has 0 saturated carbocycles. The van der Waals surface area contributed by atoms with E-state index in [1.807, 2.05) is 20.8 Å². The molecule has 5 heteroatoms. The average Bonchev–Trinajstić information content (AvgIpc) is 2.15. The Morgan fingerprint density at radius 2 is 2.06 bits per heavy atom. The number of halogens is 2. The third kappa shape index (κ3) is 3.18. The van der Waals surface area contributed by atoms with E-state index in [2.05, 4.69) is 4.99 Å². The summed E-state index contributed by atoms with van der Waals surface area (Å²) in [5, 5.41) is 0. The quantitative estimate of drug-likeness (QED) is 0.706. The van der Waals surface area contributed by atoms with Crippen molar-refractivity contribution in [3.63, 3.8) is 0 Å². The van der Waals surface area contributed by atoms with Gasteiger partial charge in [0.2, 0.25) is 5.90 Å². The standard InChI is InChI=1S/C11H18F2N2O/c1-11(2,3)8(14)7-5-4-6-16-9(7)15-10(12)13/h10H,4-6,14H2,1-3H3/b8-7-,15-9-. The van der Waals surface area contributed by atoms with E-state index in [-0.39, 0.29) is 11.3 Å². The highest BCUT2D eigenvalue weighted by Gasteiger charge is 2.25. The molecule has 0 aromatic rings. The summed E-state index contributed by atoms with van der Waals surface area (Å²) in [6, 6.07) is 0. The number of nitrogens with zero attached hydrogens (tertiary/aromatic N) is 1. The average molecular weight is 232 g/mol. The topological polar surface area (TPSA) is 47.6 Å². The maximum atomic E-state index is 12.2. The number of nitrogens with two attached hydrogens (primary N) is 1. The van der Waals surface area contributed by atoms with Crippen molar-refractivity contribution in [2.75, 3.05) is 6.61 Å². The Morgan fingerprint density at radius 3 is 2.56 bits per heavy atom. The molecule has 0 aromatic carbocycles. The van der Waals surface area contributed by atoms with Gasteiger partial charge in [-0.3, -0.25) is 0 Å². The first kappa shape index (κ1) is 12.9. The lowest BCUT2D eigenvalue weighted by atomic mass is 9.87. The second-order valence-electron chi connectivity index (χ2n) is 4.81. The van der Waals surface area contributed by atoms with E-state index >= 15 is 0 Å². The van der Waals surface area contributed by atoms with Crippen LogP contribution in [0.2, 0.25) is 0 Å². The van der Waals surface area contributed by atoms with Gasteiger partial charge in [-0.2, -0.15) is 13.8 Å². The Balaban J connectivity index is 3.08. The molecule has 1 saturated heterocycles. The lowest BCUT2D eigenvalue weighted by Crippen LogP contribution is -2.27. The van der Waals surface area contributed by atoms with Crippen LogP contribution >= 0.6 is 0 Å². The van der Waals surface area contributed by atoms with Crippen LogP contribution in [0, 0.1) is 5.41 Å². The first-order chi connectivity index (χ1) is 7.32. The maximum Gasteiger partial charge on any atom is 0.334 e. The summed E-state index contributed by atoms with van der Waals surface area (Å²) in [6.45, 7) is 3.47. The Labute approximate surface area is 94.4 Å². The molecule has 1 rings (SSSR count). The van der Waals surface area contributed by atoms with Crippen LogP contribution in [0.3, 0.4) is 0 Å². The van der Waals surface area contributed by atoms with Gasteiger partial charge in [0.15, 0.2) is 0 Å². The Hall–Kier alpha value is -1.13. The molecule has 3 nitrogen and oxygen atoms in total. The largest absolute Gasteiger partial charge is 0.478 e. The van der Waals surface area contributed by atoms with Gasteiger partial charge in [0, 0.05) is 16.7 Å². The van der Waals surface area contributed by atoms with Gasteiger partial charge in [-0.15, -0.1) is 0 Å². The minimum Gasteiger partial charge on any atom is -0.478 e. The molecule has 0 atom stereocenters. The van der Waals surface area contributed by atoms with Crippen LogP contribution in [-0.2, 0) is 4.74 Å². The van der Waals surface area contributed by atoms with E-state index in [4.69, 9.17) is 10.5 Å². The van der Waals surface area contributed by atoms with Crippen LogP contribution in [-0.4, -0.2) is 19.1 Å². The van der Waals surface area contributed by atoms with Crippen molar-refractivity contribution in [2.45, 2.75) is 40.2 Å². The molecule has 0 bridgehead atoms. The summed E-state index contributed by atoms with van der Waals surface area (Å²) in [4.78, 5) is 3.18. The lowest BCUT2D eigenvalue weighted by molar-refractivity contribution is 0.152. The summed E-state index contributed by atoms with van der Waals surface area (Å²) in [7, 11) is 0. The monoisotopic (exact) mass is 232 g/mol. The van der Waals surface area contributed by atoms with E-state index in [1.165, 1.54) is 0 Å². The van der Waals surface area contributed by atoms with Gasteiger partial charge in [-0.05, 0) is 12.8 Å². The number of alkyl halides is 2. The molecule has 1 fully saturated rings. The molecular formula is C11H18F2N2O. The predicted octanol–water partition coefficient (Wildman–Crippen LogP) is 2.68. The van der Waals surface area contributed by atoms with E-state index < -0.39 is 6.55 Å². The summed E-state index contributed by atoms with van der Waals surface area (Å²) in [5.74, 6) is 0.00803. The third-order valence-corrected chi connectivity index (χ3v) is 2.42. The van der Waals surface area contributed by atoms with Gasteiger partial charge in [-0.1, -0.05) is 20.8 Å². The normalized spacial score (nSPS) is 23.5. The van der Waals surface area contributed by atoms with Gasteiger partial charge in [0.05, 0.1) is 6.61 Å². The van der Waals surface area contributed by atoms with Crippen LogP contribution in [0.25, 0.3) is 0 Å². The molecule has 1 heterocycles. The predicted molar refractivity (Wildman–Crippen MR) is 59.3 cm³/mol. The summed E-state index contributed by atoms with van der Waals surface area (Å²) < 4.78 is 29.6. The van der Waals surface area contributed by atoms with Crippen LogP contribution in [0.15, 0.2) is 16.3 Å². The minimum absolute atomic E-state index is 0.00803. The zero-order valence-corrected chi connectivity index (χ0v) is 9.89. The second-order valence-corrected chi connectivity index (χ2v) is 4.81. The van der Waals surface area contributed by atoms with Gasteiger partial charge in [-0.25, -0.2) is 0 Å². The summed E-state index contributed by atoms with van der Waals surface area (Å²) in [5.41, 5.74) is 6.90. The van der Waals surface area contributed by atoms with Gasteiger partial charge >= 0.3 is 6.55 Å². The van der Waals surface area contributed by atoms with Crippen molar-refractivity contribution < 1.29 is 13.5 Å². The first-order valence-electron chi connectivity index (χ1n) is 5.30. The van der Waals surface area contributed by atoms with Gasteiger partial charge < -0.3 is 10.5 Å². The number of hydrogen-bond donors (Lipinski definition) is 1. The SMILES string of the molecule is CC(C)(C)/C(N)=C1\CCCO\C1=N/C(F)F. The molecule has 0 spiro atoms. The van der Waals surface area contributed by atoms with Crippen molar-refractivity contribution in [1.82, 2.24) is 0 Å². The molecule has 16 heavy (non-hydrogen) atoms. The highest BCUT2D eigenvalue weighted by atomic mass is 19.3. The zero-order chi connectivity index (χ0) is 12.3. The molecule has 1 aliphatic rings. The van der Waals surface area contributed by atoms with Crippen molar-refractivity contribution in [3.8, 4) is 0 Å². The highest BCUT2D eigenvalue weighted by Crippen LogP contribution is 2.29. The number of rotatable bonds is 1. The van der Waals surface area contributed by atoms with E-state index in [1.54, 1.807) is 0 Å². The molecule has 0 unspecified atom stereocenters. The summed E-state index contributed by atoms with van der Waals surface area (Å²) >= 11 is 0. The Bertz CT molecular complexity index is 316. The minimum atomic E-state index is -2.75. The van der Waals surface area contributed by atoms with E-state index in [9.17, 15) is 8.78 Å². The molecule has 2 N–H and O–H groups in total. The molecule has 0 aromatic heterocycles. The number of allylic oxidation sites excluding steroid dienone is 1. The zero-order valence-electron chi connectivity index (χ0n) is 9.89. The summed E-state index contributed by atoms with van der Waals surface area (Å²) in [6.07, 6.45) is 1.43. The number of ether oxygens (including phenoxy) is 1. The smallest absolute Gasteiger partial charge is 0.334 e. The van der Waals surface area contributed by atoms with Crippen LogP contribution in [0.4, 0.5) is 8.78 Å². The van der Waals surface area contributed by atoms with E-state index in [0.29, 0.717) is 24.3 Å².